The summed E-state index contributed by atoms with van der Waals surface area (Å²) in [5, 5.41) is 12.3. The van der Waals surface area contributed by atoms with E-state index in [0.717, 1.165) is 12.1 Å². The van der Waals surface area contributed by atoms with E-state index in [1.165, 1.54) is 19.1 Å². The van der Waals surface area contributed by atoms with Gasteiger partial charge in [-0.15, -0.1) is 0 Å². The molecule has 2 rings (SSSR count). The lowest BCUT2D eigenvalue weighted by Crippen LogP contribution is -2.42. The zero-order chi connectivity index (χ0) is 15.6. The second-order valence-corrected chi connectivity index (χ2v) is 5.04. The van der Waals surface area contributed by atoms with Gasteiger partial charge in [0.2, 0.25) is 0 Å². The van der Waals surface area contributed by atoms with Crippen molar-refractivity contribution in [2.75, 3.05) is 5.32 Å². The van der Waals surface area contributed by atoms with Gasteiger partial charge in [-0.1, -0.05) is 29.8 Å². The minimum atomic E-state index is -2.00. The zero-order valence-corrected chi connectivity index (χ0v) is 11.8. The van der Waals surface area contributed by atoms with Gasteiger partial charge in [0.1, 0.15) is 11.6 Å². The van der Waals surface area contributed by atoms with Gasteiger partial charge >= 0.3 is 5.97 Å². The minimum absolute atomic E-state index is 0.252. The Hall–Kier alpha value is -2.14. The predicted molar refractivity (Wildman–Crippen MR) is 76.4 cm³/mol. The van der Waals surface area contributed by atoms with Crippen molar-refractivity contribution >= 4 is 23.3 Å². The molecule has 0 spiro atoms. The van der Waals surface area contributed by atoms with E-state index in [4.69, 9.17) is 11.6 Å². The Bertz CT molecular complexity index is 673. The Morgan fingerprint density at radius 2 is 1.71 bits per heavy atom. The van der Waals surface area contributed by atoms with E-state index in [1.807, 2.05) is 0 Å². The van der Waals surface area contributed by atoms with E-state index >= 15 is 0 Å². The van der Waals surface area contributed by atoms with Gasteiger partial charge in [-0.05, 0) is 31.2 Å². The summed E-state index contributed by atoms with van der Waals surface area (Å²) in [5.74, 6) is -3.31. The molecule has 2 aromatic carbocycles. The summed E-state index contributed by atoms with van der Waals surface area (Å²) in [7, 11) is 0. The minimum Gasteiger partial charge on any atom is -0.479 e. The number of benzene rings is 2. The van der Waals surface area contributed by atoms with Gasteiger partial charge in [-0.3, -0.25) is 0 Å². The van der Waals surface area contributed by atoms with E-state index in [2.05, 4.69) is 5.32 Å². The lowest BCUT2D eigenvalue weighted by atomic mass is 9.90. The van der Waals surface area contributed by atoms with E-state index in [0.29, 0.717) is 0 Å². The molecule has 0 heterocycles. The van der Waals surface area contributed by atoms with Crippen LogP contribution in [0, 0.1) is 11.6 Å². The van der Waals surface area contributed by atoms with Crippen LogP contribution in [0.5, 0.6) is 0 Å². The average Bonchev–Trinajstić information content (AvgIpc) is 2.41. The van der Waals surface area contributed by atoms with Gasteiger partial charge in [0.25, 0.3) is 0 Å². The summed E-state index contributed by atoms with van der Waals surface area (Å²) in [6.07, 6.45) is 0. The zero-order valence-electron chi connectivity index (χ0n) is 11.0. The molecule has 1 atom stereocenters. The van der Waals surface area contributed by atoms with Crippen LogP contribution in [-0.4, -0.2) is 11.1 Å². The second-order valence-electron chi connectivity index (χ2n) is 4.63. The maximum absolute atomic E-state index is 13.9. The first kappa shape index (κ1) is 15.3. The van der Waals surface area contributed by atoms with Crippen molar-refractivity contribution in [2.45, 2.75) is 12.5 Å². The Labute approximate surface area is 125 Å². The fourth-order valence-corrected chi connectivity index (χ4v) is 2.21. The standard InChI is InChI=1S/C15H12ClF2NO2/c1-15(14(20)21,13-10(17)6-4-7-11(13)18)19-12-8-3-2-5-9(12)16/h2-8,19H,1H3,(H,20,21). The number of hydrogen-bond donors (Lipinski definition) is 2. The average molecular weight is 312 g/mol. The molecule has 2 aromatic rings. The van der Waals surface area contributed by atoms with Gasteiger partial charge in [0, 0.05) is 0 Å². The monoisotopic (exact) mass is 311 g/mol. The molecule has 110 valence electrons. The Morgan fingerprint density at radius 3 is 2.24 bits per heavy atom. The number of para-hydroxylation sites is 1. The first-order chi connectivity index (χ1) is 9.86. The molecule has 6 heteroatoms. The van der Waals surface area contributed by atoms with Crippen LogP contribution >= 0.6 is 11.6 Å². The third kappa shape index (κ3) is 2.83. The molecular weight excluding hydrogens is 300 g/mol. The van der Waals surface area contributed by atoms with Crippen molar-refractivity contribution < 1.29 is 18.7 Å². The van der Waals surface area contributed by atoms with Crippen LogP contribution in [0.1, 0.15) is 12.5 Å². The first-order valence-electron chi connectivity index (χ1n) is 6.07. The van der Waals surface area contributed by atoms with Crippen molar-refractivity contribution in [2.24, 2.45) is 0 Å². The third-order valence-corrected chi connectivity index (χ3v) is 3.48. The normalized spacial score (nSPS) is 13.5. The number of rotatable bonds is 4. The Kier molecular flexibility index (Phi) is 4.14. The van der Waals surface area contributed by atoms with Gasteiger partial charge < -0.3 is 10.4 Å². The summed E-state index contributed by atoms with van der Waals surface area (Å²) >= 11 is 5.96. The molecule has 0 aliphatic rings. The highest BCUT2D eigenvalue weighted by Crippen LogP contribution is 2.33. The van der Waals surface area contributed by atoms with Crippen molar-refractivity contribution in [1.29, 1.82) is 0 Å². The number of carboxylic acids is 1. The summed E-state index contributed by atoms with van der Waals surface area (Å²) < 4.78 is 27.9. The molecule has 1 unspecified atom stereocenters. The summed E-state index contributed by atoms with van der Waals surface area (Å²) in [5.41, 5.74) is -2.30. The Morgan fingerprint density at radius 1 is 1.14 bits per heavy atom. The largest absolute Gasteiger partial charge is 0.479 e. The maximum atomic E-state index is 13.9. The smallest absolute Gasteiger partial charge is 0.333 e. The van der Waals surface area contributed by atoms with E-state index in [9.17, 15) is 18.7 Å². The SMILES string of the molecule is CC(Nc1ccccc1Cl)(C(=O)O)c1c(F)cccc1F. The van der Waals surface area contributed by atoms with Crippen molar-refractivity contribution in [3.05, 3.63) is 64.7 Å². The van der Waals surface area contributed by atoms with Crippen molar-refractivity contribution in [3.63, 3.8) is 0 Å². The lowest BCUT2D eigenvalue weighted by molar-refractivity contribution is -0.142. The van der Waals surface area contributed by atoms with Gasteiger partial charge in [0.05, 0.1) is 16.3 Å². The first-order valence-corrected chi connectivity index (χ1v) is 6.44. The molecule has 0 aliphatic carbocycles. The molecule has 0 radical (unpaired) electrons. The highest BCUT2D eigenvalue weighted by atomic mass is 35.5. The summed E-state index contributed by atoms with van der Waals surface area (Å²) in [4.78, 5) is 11.6. The fourth-order valence-electron chi connectivity index (χ4n) is 2.03. The number of halogens is 3. The van der Waals surface area contributed by atoms with Gasteiger partial charge in [-0.2, -0.15) is 0 Å². The van der Waals surface area contributed by atoms with Crippen molar-refractivity contribution in [1.82, 2.24) is 0 Å². The van der Waals surface area contributed by atoms with Gasteiger partial charge in [-0.25, -0.2) is 13.6 Å². The predicted octanol–water partition coefficient (Wildman–Crippen LogP) is 4.03. The second kappa shape index (κ2) is 5.69. The van der Waals surface area contributed by atoms with Gasteiger partial charge in [0.15, 0.2) is 5.54 Å². The molecule has 3 nitrogen and oxygen atoms in total. The summed E-state index contributed by atoms with van der Waals surface area (Å²) in [6.45, 7) is 1.18. The number of aliphatic carboxylic acids is 1. The third-order valence-electron chi connectivity index (χ3n) is 3.15. The van der Waals surface area contributed by atoms with E-state index in [1.54, 1.807) is 18.2 Å². The number of carboxylic acid groups (broad SMARTS) is 1. The highest BCUT2D eigenvalue weighted by molar-refractivity contribution is 6.33. The summed E-state index contributed by atoms with van der Waals surface area (Å²) in [6, 6.07) is 9.56. The van der Waals surface area contributed by atoms with Crippen LogP contribution in [-0.2, 0) is 10.3 Å². The van der Waals surface area contributed by atoms with Crippen LogP contribution in [0.4, 0.5) is 14.5 Å². The maximum Gasteiger partial charge on any atom is 0.333 e. The van der Waals surface area contributed by atoms with Crippen LogP contribution in [0.25, 0.3) is 0 Å². The molecule has 0 amide bonds. The highest BCUT2D eigenvalue weighted by Gasteiger charge is 2.40. The molecule has 0 saturated carbocycles. The molecule has 0 bridgehead atoms. The number of carbonyl (C=O) groups is 1. The van der Waals surface area contributed by atoms with Crippen LogP contribution < -0.4 is 5.32 Å². The van der Waals surface area contributed by atoms with E-state index in [-0.39, 0.29) is 10.7 Å². The molecule has 0 saturated heterocycles. The number of anilines is 1. The molecule has 0 fully saturated rings. The van der Waals surface area contributed by atoms with Crippen molar-refractivity contribution in [3.8, 4) is 0 Å². The molecule has 0 aliphatic heterocycles. The van der Waals surface area contributed by atoms with Crippen LogP contribution in [0.3, 0.4) is 0 Å². The topological polar surface area (TPSA) is 49.3 Å². The molecule has 0 aromatic heterocycles. The number of hydrogen-bond acceptors (Lipinski definition) is 2. The molecular formula is C15H12ClF2NO2. The fraction of sp³-hybridized carbons (Fsp3) is 0.133. The van der Waals surface area contributed by atoms with Crippen LogP contribution in [0.2, 0.25) is 5.02 Å². The molecule has 21 heavy (non-hydrogen) atoms. The molecule has 2 N–H and O–H groups in total. The lowest BCUT2D eigenvalue weighted by Gasteiger charge is -2.29. The quantitative estimate of drug-likeness (QED) is 0.896. The Balaban J connectivity index is 2.57. The van der Waals surface area contributed by atoms with Crippen LogP contribution in [0.15, 0.2) is 42.5 Å². The van der Waals surface area contributed by atoms with E-state index < -0.39 is 28.7 Å². The number of nitrogens with one attached hydrogen (secondary N) is 1.